The van der Waals surface area contributed by atoms with Gasteiger partial charge in [0.05, 0.1) is 13.5 Å². The van der Waals surface area contributed by atoms with Gasteiger partial charge in [-0.3, -0.25) is 4.79 Å². The van der Waals surface area contributed by atoms with E-state index in [1.165, 1.54) is 12.7 Å². The number of methoxy groups -OCH3 is 1. The van der Waals surface area contributed by atoms with E-state index in [0.29, 0.717) is 13.0 Å². The molecule has 3 nitrogen and oxygen atoms in total. The number of carbonyl (C=O) groups is 1. The molecule has 0 aromatic heterocycles. The predicted octanol–water partition coefficient (Wildman–Crippen LogP) is 2.66. The molecular weight excluding hydrogens is 270 g/mol. The fraction of sp³-hybridized carbons (Fsp3) is 0.417. The Bertz CT molecular complexity index is 337. The first-order valence-corrected chi connectivity index (χ1v) is 5.98. The molecule has 0 spiro atoms. The van der Waals surface area contributed by atoms with Crippen LogP contribution in [0.5, 0.6) is 0 Å². The van der Waals surface area contributed by atoms with Gasteiger partial charge < -0.3 is 10.1 Å². The molecule has 1 N–H and O–H groups in total. The van der Waals surface area contributed by atoms with Crippen LogP contribution in [-0.2, 0) is 9.53 Å². The Morgan fingerprint density at radius 1 is 1.44 bits per heavy atom. The molecule has 1 aromatic rings. The van der Waals surface area contributed by atoms with E-state index in [4.69, 9.17) is 0 Å². The van der Waals surface area contributed by atoms with E-state index in [1.807, 2.05) is 12.1 Å². The number of halogens is 1. The van der Waals surface area contributed by atoms with Gasteiger partial charge in [0.2, 0.25) is 0 Å². The number of esters is 1. The Kier molecular flexibility index (Phi) is 5.49. The van der Waals surface area contributed by atoms with E-state index in [9.17, 15) is 4.79 Å². The highest BCUT2D eigenvalue weighted by molar-refractivity contribution is 9.10. The zero-order valence-corrected chi connectivity index (χ0v) is 11.1. The number of hydrogen-bond acceptors (Lipinski definition) is 3. The third-order valence-electron chi connectivity index (χ3n) is 2.38. The molecule has 0 bridgehead atoms. The Balaban J connectivity index is 2.37. The topological polar surface area (TPSA) is 38.3 Å². The molecule has 1 atom stereocenters. The van der Waals surface area contributed by atoms with E-state index in [1.54, 1.807) is 0 Å². The lowest BCUT2D eigenvalue weighted by atomic mass is 10.1. The van der Waals surface area contributed by atoms with Crippen LogP contribution in [0.1, 0.15) is 24.9 Å². The Labute approximate surface area is 104 Å². The van der Waals surface area contributed by atoms with E-state index in [2.05, 4.69) is 45.0 Å². The molecule has 16 heavy (non-hydrogen) atoms. The lowest BCUT2D eigenvalue weighted by Gasteiger charge is -2.13. The Hall–Kier alpha value is -0.870. The number of hydrogen-bond donors (Lipinski definition) is 1. The molecule has 0 unspecified atom stereocenters. The molecule has 0 saturated carbocycles. The van der Waals surface area contributed by atoms with Crippen molar-refractivity contribution in [3.63, 3.8) is 0 Å². The van der Waals surface area contributed by atoms with Crippen molar-refractivity contribution in [2.45, 2.75) is 19.4 Å². The van der Waals surface area contributed by atoms with Gasteiger partial charge in [-0.2, -0.15) is 0 Å². The molecule has 0 aliphatic heterocycles. The van der Waals surface area contributed by atoms with Gasteiger partial charge in [0.15, 0.2) is 0 Å². The molecule has 88 valence electrons. The van der Waals surface area contributed by atoms with Crippen LogP contribution in [0, 0.1) is 0 Å². The summed E-state index contributed by atoms with van der Waals surface area (Å²) in [6.45, 7) is 2.70. The summed E-state index contributed by atoms with van der Waals surface area (Å²) in [6, 6.07) is 8.36. The maximum atomic E-state index is 10.9. The third kappa shape index (κ3) is 4.33. The summed E-state index contributed by atoms with van der Waals surface area (Å²) in [6.07, 6.45) is 0.400. The minimum atomic E-state index is -0.185. The van der Waals surface area contributed by atoms with Crippen LogP contribution < -0.4 is 5.32 Å². The molecule has 0 radical (unpaired) electrons. The van der Waals surface area contributed by atoms with Crippen molar-refractivity contribution in [3.8, 4) is 0 Å². The standard InChI is InChI=1S/C12H16BrNO2/c1-9(14-8-7-12(15)16-2)10-3-5-11(13)6-4-10/h3-6,9,14H,7-8H2,1-2H3/t9-/m0/s1. The van der Waals surface area contributed by atoms with Crippen LogP contribution in [0.4, 0.5) is 0 Å². The molecule has 0 aliphatic rings. The van der Waals surface area contributed by atoms with Gasteiger partial charge in [-0.15, -0.1) is 0 Å². The number of nitrogens with one attached hydrogen (secondary N) is 1. The van der Waals surface area contributed by atoms with Crippen molar-refractivity contribution in [1.82, 2.24) is 5.32 Å². The zero-order valence-electron chi connectivity index (χ0n) is 9.50. The molecule has 1 aromatic carbocycles. The highest BCUT2D eigenvalue weighted by Gasteiger charge is 2.05. The van der Waals surface area contributed by atoms with Crippen molar-refractivity contribution in [1.29, 1.82) is 0 Å². The van der Waals surface area contributed by atoms with Crippen molar-refractivity contribution >= 4 is 21.9 Å². The highest BCUT2D eigenvalue weighted by Crippen LogP contribution is 2.16. The van der Waals surface area contributed by atoms with Gasteiger partial charge in [0.25, 0.3) is 0 Å². The van der Waals surface area contributed by atoms with E-state index in [-0.39, 0.29) is 12.0 Å². The van der Waals surface area contributed by atoms with Gasteiger partial charge in [0.1, 0.15) is 0 Å². The van der Waals surface area contributed by atoms with Crippen molar-refractivity contribution < 1.29 is 9.53 Å². The maximum Gasteiger partial charge on any atom is 0.306 e. The second-order valence-electron chi connectivity index (χ2n) is 3.55. The summed E-state index contributed by atoms with van der Waals surface area (Å²) < 4.78 is 5.64. The summed E-state index contributed by atoms with van der Waals surface area (Å²) in [4.78, 5) is 10.9. The minimum Gasteiger partial charge on any atom is -0.469 e. The van der Waals surface area contributed by atoms with E-state index in [0.717, 1.165) is 4.47 Å². The van der Waals surface area contributed by atoms with Gasteiger partial charge in [0, 0.05) is 17.1 Å². The van der Waals surface area contributed by atoms with E-state index < -0.39 is 0 Å². The predicted molar refractivity (Wildman–Crippen MR) is 67.2 cm³/mol. The largest absolute Gasteiger partial charge is 0.469 e. The lowest BCUT2D eigenvalue weighted by molar-refractivity contribution is -0.140. The Morgan fingerprint density at radius 2 is 2.06 bits per heavy atom. The molecule has 0 fully saturated rings. The first kappa shape index (κ1) is 13.2. The molecular formula is C12H16BrNO2. The second kappa shape index (κ2) is 6.66. The summed E-state index contributed by atoms with van der Waals surface area (Å²) >= 11 is 3.39. The van der Waals surface area contributed by atoms with Crippen LogP contribution in [0.3, 0.4) is 0 Å². The molecule has 1 rings (SSSR count). The molecule has 0 amide bonds. The number of rotatable bonds is 5. The van der Waals surface area contributed by atoms with Crippen molar-refractivity contribution in [2.24, 2.45) is 0 Å². The average molecular weight is 286 g/mol. The first-order valence-electron chi connectivity index (χ1n) is 5.19. The third-order valence-corrected chi connectivity index (χ3v) is 2.91. The number of carbonyl (C=O) groups excluding carboxylic acids is 1. The Morgan fingerprint density at radius 3 is 2.62 bits per heavy atom. The number of benzene rings is 1. The highest BCUT2D eigenvalue weighted by atomic mass is 79.9. The molecule has 0 aliphatic carbocycles. The second-order valence-corrected chi connectivity index (χ2v) is 4.47. The van der Waals surface area contributed by atoms with Gasteiger partial charge in [-0.1, -0.05) is 28.1 Å². The average Bonchev–Trinajstić information content (AvgIpc) is 2.29. The van der Waals surface area contributed by atoms with Crippen LogP contribution in [0.15, 0.2) is 28.7 Å². The maximum absolute atomic E-state index is 10.9. The molecule has 4 heteroatoms. The summed E-state index contributed by atoms with van der Waals surface area (Å²) in [5, 5.41) is 3.27. The minimum absolute atomic E-state index is 0.185. The van der Waals surface area contributed by atoms with Gasteiger partial charge in [-0.05, 0) is 24.6 Å². The van der Waals surface area contributed by atoms with Gasteiger partial charge in [-0.25, -0.2) is 0 Å². The smallest absolute Gasteiger partial charge is 0.306 e. The quantitative estimate of drug-likeness (QED) is 0.846. The van der Waals surface area contributed by atoms with Crippen molar-refractivity contribution in [2.75, 3.05) is 13.7 Å². The molecule has 0 saturated heterocycles. The summed E-state index contributed by atoms with van der Waals surface area (Å²) in [5.41, 5.74) is 1.20. The van der Waals surface area contributed by atoms with Crippen LogP contribution in [0.25, 0.3) is 0 Å². The van der Waals surface area contributed by atoms with Crippen molar-refractivity contribution in [3.05, 3.63) is 34.3 Å². The van der Waals surface area contributed by atoms with Crippen LogP contribution >= 0.6 is 15.9 Å². The summed E-state index contributed by atoms with van der Waals surface area (Å²) in [5.74, 6) is -0.185. The molecule has 0 heterocycles. The zero-order chi connectivity index (χ0) is 12.0. The van der Waals surface area contributed by atoms with Crippen LogP contribution in [0.2, 0.25) is 0 Å². The normalized spacial score (nSPS) is 12.2. The monoisotopic (exact) mass is 285 g/mol. The fourth-order valence-electron chi connectivity index (χ4n) is 1.36. The lowest BCUT2D eigenvalue weighted by Crippen LogP contribution is -2.22. The first-order chi connectivity index (χ1) is 7.63. The van der Waals surface area contributed by atoms with Gasteiger partial charge >= 0.3 is 5.97 Å². The van der Waals surface area contributed by atoms with Crippen LogP contribution in [-0.4, -0.2) is 19.6 Å². The summed E-state index contributed by atoms with van der Waals surface area (Å²) in [7, 11) is 1.40. The van der Waals surface area contributed by atoms with E-state index >= 15 is 0 Å². The number of ether oxygens (including phenoxy) is 1. The SMILES string of the molecule is COC(=O)CCN[C@@H](C)c1ccc(Br)cc1. The fourth-order valence-corrected chi connectivity index (χ4v) is 1.63.